The standard InChI is InChI=1S/C18H16N6/c1-2-8-19-17(7-1)18-12-15(22-23-18)13-20-14-5-3-6-16(11-14)24-10-4-9-21-24/h1-12,20H,13H2,(H,22,23). The van der Waals surface area contributed by atoms with Crippen LogP contribution in [0.25, 0.3) is 17.1 Å². The third kappa shape index (κ3) is 3.03. The van der Waals surface area contributed by atoms with E-state index in [-0.39, 0.29) is 0 Å². The highest BCUT2D eigenvalue weighted by molar-refractivity contribution is 5.55. The summed E-state index contributed by atoms with van der Waals surface area (Å²) in [5.41, 5.74) is 4.75. The van der Waals surface area contributed by atoms with E-state index in [1.165, 1.54) is 0 Å². The van der Waals surface area contributed by atoms with Crippen LogP contribution >= 0.6 is 0 Å². The number of hydrogen-bond donors (Lipinski definition) is 2. The summed E-state index contributed by atoms with van der Waals surface area (Å²) in [4.78, 5) is 4.31. The summed E-state index contributed by atoms with van der Waals surface area (Å²) in [6.07, 6.45) is 5.46. The molecule has 0 aliphatic carbocycles. The average Bonchev–Trinajstić information content (AvgIpc) is 3.33. The number of aromatic nitrogens is 5. The van der Waals surface area contributed by atoms with E-state index in [1.807, 2.05) is 59.4 Å². The number of aromatic amines is 1. The molecule has 3 heterocycles. The number of hydrogen-bond acceptors (Lipinski definition) is 4. The summed E-state index contributed by atoms with van der Waals surface area (Å²) < 4.78 is 1.83. The van der Waals surface area contributed by atoms with Gasteiger partial charge in [-0.1, -0.05) is 12.1 Å². The van der Waals surface area contributed by atoms with Crippen LogP contribution in [0.4, 0.5) is 5.69 Å². The number of pyridine rings is 1. The lowest BCUT2D eigenvalue weighted by molar-refractivity contribution is 0.880. The van der Waals surface area contributed by atoms with Gasteiger partial charge in [0.25, 0.3) is 0 Å². The lowest BCUT2D eigenvalue weighted by Crippen LogP contribution is -2.01. The van der Waals surface area contributed by atoms with Crippen LogP contribution in [0.1, 0.15) is 5.69 Å². The van der Waals surface area contributed by atoms with E-state index < -0.39 is 0 Å². The van der Waals surface area contributed by atoms with Gasteiger partial charge in [0.2, 0.25) is 0 Å². The van der Waals surface area contributed by atoms with Gasteiger partial charge in [0.15, 0.2) is 0 Å². The predicted octanol–water partition coefficient (Wildman–Crippen LogP) is 3.27. The van der Waals surface area contributed by atoms with E-state index in [9.17, 15) is 0 Å². The summed E-state index contributed by atoms with van der Waals surface area (Å²) in [6.45, 7) is 0.655. The van der Waals surface area contributed by atoms with Gasteiger partial charge < -0.3 is 5.32 Å². The van der Waals surface area contributed by atoms with Crippen molar-refractivity contribution in [3.05, 3.63) is 78.9 Å². The fraction of sp³-hybridized carbons (Fsp3) is 0.0556. The first-order valence-corrected chi connectivity index (χ1v) is 7.68. The fourth-order valence-corrected chi connectivity index (χ4v) is 2.47. The van der Waals surface area contributed by atoms with E-state index in [1.54, 1.807) is 12.4 Å². The number of H-pyrrole nitrogens is 1. The summed E-state index contributed by atoms with van der Waals surface area (Å²) in [5, 5.41) is 15.0. The van der Waals surface area contributed by atoms with Crippen molar-refractivity contribution < 1.29 is 0 Å². The minimum absolute atomic E-state index is 0.655. The fourth-order valence-electron chi connectivity index (χ4n) is 2.47. The highest BCUT2D eigenvalue weighted by atomic mass is 15.3. The molecule has 0 atom stereocenters. The molecular formula is C18H16N6. The van der Waals surface area contributed by atoms with Crippen molar-refractivity contribution in [2.45, 2.75) is 6.54 Å². The van der Waals surface area contributed by atoms with Crippen LogP contribution in [-0.4, -0.2) is 25.0 Å². The minimum atomic E-state index is 0.655. The number of nitrogens with one attached hydrogen (secondary N) is 2. The van der Waals surface area contributed by atoms with Crippen molar-refractivity contribution in [3.8, 4) is 17.1 Å². The average molecular weight is 316 g/mol. The highest BCUT2D eigenvalue weighted by Crippen LogP contribution is 2.17. The SMILES string of the molecule is c1ccc(-c2cc(CNc3cccc(-n4cccn4)c3)[nH]n2)nc1. The van der Waals surface area contributed by atoms with Gasteiger partial charge in [0, 0.05) is 24.3 Å². The Morgan fingerprint density at radius 2 is 1.96 bits per heavy atom. The molecule has 4 aromatic rings. The number of nitrogens with zero attached hydrogens (tertiary/aromatic N) is 4. The summed E-state index contributed by atoms with van der Waals surface area (Å²) in [6, 6.07) is 17.8. The van der Waals surface area contributed by atoms with Crippen LogP contribution in [0.5, 0.6) is 0 Å². The molecule has 0 unspecified atom stereocenters. The molecule has 3 aromatic heterocycles. The van der Waals surface area contributed by atoms with Crippen molar-refractivity contribution in [2.24, 2.45) is 0 Å². The predicted molar refractivity (Wildman–Crippen MR) is 92.7 cm³/mol. The largest absolute Gasteiger partial charge is 0.379 e. The molecule has 0 fully saturated rings. The summed E-state index contributed by atoms with van der Waals surface area (Å²) in [7, 11) is 0. The lowest BCUT2D eigenvalue weighted by Gasteiger charge is -2.07. The van der Waals surface area contributed by atoms with E-state index in [4.69, 9.17) is 0 Å². The first-order chi connectivity index (χ1) is 11.9. The molecule has 24 heavy (non-hydrogen) atoms. The Kier molecular flexibility index (Phi) is 3.77. The zero-order chi connectivity index (χ0) is 16.2. The number of anilines is 1. The Balaban J connectivity index is 1.46. The summed E-state index contributed by atoms with van der Waals surface area (Å²) >= 11 is 0. The molecule has 6 heteroatoms. The monoisotopic (exact) mass is 316 g/mol. The van der Waals surface area contributed by atoms with Crippen molar-refractivity contribution in [3.63, 3.8) is 0 Å². The first kappa shape index (κ1) is 14.2. The normalized spacial score (nSPS) is 10.7. The van der Waals surface area contributed by atoms with Gasteiger partial charge in [0.05, 0.1) is 23.6 Å². The Morgan fingerprint density at radius 3 is 2.79 bits per heavy atom. The maximum atomic E-state index is 4.32. The molecule has 0 saturated carbocycles. The maximum Gasteiger partial charge on any atom is 0.111 e. The molecule has 0 aliphatic rings. The van der Waals surface area contributed by atoms with Crippen LogP contribution < -0.4 is 5.32 Å². The minimum Gasteiger partial charge on any atom is -0.379 e. The zero-order valence-electron chi connectivity index (χ0n) is 12.9. The van der Waals surface area contributed by atoms with Gasteiger partial charge in [-0.2, -0.15) is 10.2 Å². The van der Waals surface area contributed by atoms with Crippen molar-refractivity contribution in [1.82, 2.24) is 25.0 Å². The van der Waals surface area contributed by atoms with E-state index >= 15 is 0 Å². The molecule has 2 N–H and O–H groups in total. The molecule has 0 saturated heterocycles. The Morgan fingerprint density at radius 1 is 0.958 bits per heavy atom. The van der Waals surface area contributed by atoms with Gasteiger partial charge in [-0.3, -0.25) is 10.1 Å². The lowest BCUT2D eigenvalue weighted by atomic mass is 10.2. The molecule has 1 aromatic carbocycles. The topological polar surface area (TPSA) is 71.4 Å². The molecule has 0 radical (unpaired) electrons. The number of benzene rings is 1. The third-order valence-corrected chi connectivity index (χ3v) is 3.66. The Labute approximate surface area is 139 Å². The van der Waals surface area contributed by atoms with Crippen molar-refractivity contribution in [1.29, 1.82) is 0 Å². The first-order valence-electron chi connectivity index (χ1n) is 7.68. The second kappa shape index (κ2) is 6.37. The number of rotatable bonds is 5. The Hall–Kier alpha value is -3.41. The molecule has 0 amide bonds. The smallest absolute Gasteiger partial charge is 0.111 e. The molecule has 0 spiro atoms. The van der Waals surface area contributed by atoms with Crippen LogP contribution in [0.15, 0.2) is 73.2 Å². The van der Waals surface area contributed by atoms with Gasteiger partial charge in [-0.15, -0.1) is 0 Å². The molecule has 0 bridgehead atoms. The van der Waals surface area contributed by atoms with Crippen LogP contribution in [-0.2, 0) is 6.54 Å². The third-order valence-electron chi connectivity index (χ3n) is 3.66. The van der Waals surface area contributed by atoms with Gasteiger partial charge >= 0.3 is 0 Å². The van der Waals surface area contributed by atoms with Crippen molar-refractivity contribution in [2.75, 3.05) is 5.32 Å². The van der Waals surface area contributed by atoms with Gasteiger partial charge in [-0.25, -0.2) is 4.68 Å². The van der Waals surface area contributed by atoms with Crippen LogP contribution in [0, 0.1) is 0 Å². The van der Waals surface area contributed by atoms with Crippen LogP contribution in [0.2, 0.25) is 0 Å². The van der Waals surface area contributed by atoms with Gasteiger partial charge in [0.1, 0.15) is 5.69 Å². The van der Waals surface area contributed by atoms with Gasteiger partial charge in [-0.05, 0) is 42.5 Å². The molecule has 118 valence electrons. The highest BCUT2D eigenvalue weighted by Gasteiger charge is 2.05. The molecular weight excluding hydrogens is 300 g/mol. The quantitative estimate of drug-likeness (QED) is 0.593. The summed E-state index contributed by atoms with van der Waals surface area (Å²) in [5.74, 6) is 0. The second-order valence-corrected chi connectivity index (χ2v) is 5.35. The molecule has 4 rings (SSSR count). The zero-order valence-corrected chi connectivity index (χ0v) is 12.9. The van der Waals surface area contributed by atoms with E-state index in [0.717, 1.165) is 28.5 Å². The Bertz CT molecular complexity index is 912. The maximum absolute atomic E-state index is 4.32. The van der Waals surface area contributed by atoms with Crippen molar-refractivity contribution >= 4 is 5.69 Å². The molecule has 0 aliphatic heterocycles. The van der Waals surface area contributed by atoms with E-state index in [2.05, 4.69) is 31.7 Å². The second-order valence-electron chi connectivity index (χ2n) is 5.35. The van der Waals surface area contributed by atoms with E-state index in [0.29, 0.717) is 6.54 Å². The molecule has 6 nitrogen and oxygen atoms in total. The van der Waals surface area contributed by atoms with Crippen LogP contribution in [0.3, 0.4) is 0 Å².